The molecule has 0 aromatic heterocycles. The summed E-state index contributed by atoms with van der Waals surface area (Å²) in [5.74, 6) is 0.819. The molecule has 0 aromatic carbocycles. The maximum absolute atomic E-state index is 10.0. The van der Waals surface area contributed by atoms with Crippen LogP contribution in [0.2, 0.25) is 0 Å². The first-order chi connectivity index (χ1) is 8.67. The second kappa shape index (κ2) is 8.89. The van der Waals surface area contributed by atoms with Crippen molar-refractivity contribution in [1.29, 1.82) is 0 Å². The highest BCUT2D eigenvalue weighted by Gasteiger charge is 2.20. The van der Waals surface area contributed by atoms with Crippen LogP contribution in [0.15, 0.2) is 0 Å². The molecule has 2 atom stereocenters. The summed E-state index contributed by atoms with van der Waals surface area (Å²) >= 11 is 0. The van der Waals surface area contributed by atoms with Gasteiger partial charge in [-0.05, 0) is 38.8 Å². The van der Waals surface area contributed by atoms with E-state index in [0.29, 0.717) is 6.04 Å². The van der Waals surface area contributed by atoms with Crippen molar-refractivity contribution >= 4 is 0 Å². The number of aliphatic hydroxyl groups excluding tert-OH is 1. The Morgan fingerprint density at radius 1 is 1.17 bits per heavy atom. The van der Waals surface area contributed by atoms with Crippen LogP contribution in [0.5, 0.6) is 0 Å². The highest BCUT2D eigenvalue weighted by Crippen LogP contribution is 2.26. The molecule has 0 amide bonds. The standard InChI is InChI=1S/C15H32N2O/c1-4-17(5-2)12-15(18)11-16-13(3)14-9-7-6-8-10-14/h13-16,18H,4-12H2,1-3H3/t13-,15?/m0/s1. The first-order valence-corrected chi connectivity index (χ1v) is 7.81. The van der Waals surface area contributed by atoms with E-state index in [2.05, 4.69) is 31.0 Å². The van der Waals surface area contributed by atoms with Crippen molar-refractivity contribution in [3.63, 3.8) is 0 Å². The topological polar surface area (TPSA) is 35.5 Å². The second-order valence-electron chi connectivity index (χ2n) is 5.73. The van der Waals surface area contributed by atoms with Gasteiger partial charge >= 0.3 is 0 Å². The van der Waals surface area contributed by atoms with Gasteiger partial charge in [-0.1, -0.05) is 33.1 Å². The molecule has 2 N–H and O–H groups in total. The van der Waals surface area contributed by atoms with Crippen molar-refractivity contribution < 1.29 is 5.11 Å². The Kier molecular flexibility index (Phi) is 7.87. The Balaban J connectivity index is 2.18. The Morgan fingerprint density at radius 3 is 2.33 bits per heavy atom. The number of hydrogen-bond acceptors (Lipinski definition) is 3. The number of hydrogen-bond donors (Lipinski definition) is 2. The van der Waals surface area contributed by atoms with Gasteiger partial charge in [-0.25, -0.2) is 0 Å². The van der Waals surface area contributed by atoms with Crippen molar-refractivity contribution in [2.45, 2.75) is 65.0 Å². The van der Waals surface area contributed by atoms with E-state index in [1.807, 2.05) is 0 Å². The zero-order valence-corrected chi connectivity index (χ0v) is 12.5. The summed E-state index contributed by atoms with van der Waals surface area (Å²) in [6.07, 6.45) is 6.67. The largest absolute Gasteiger partial charge is 0.390 e. The quantitative estimate of drug-likeness (QED) is 0.699. The lowest BCUT2D eigenvalue weighted by Crippen LogP contribution is -2.43. The summed E-state index contributed by atoms with van der Waals surface area (Å²) in [4.78, 5) is 2.28. The van der Waals surface area contributed by atoms with E-state index in [1.165, 1.54) is 32.1 Å². The van der Waals surface area contributed by atoms with Gasteiger partial charge in [-0.2, -0.15) is 0 Å². The summed E-state index contributed by atoms with van der Waals surface area (Å²) in [5.41, 5.74) is 0. The van der Waals surface area contributed by atoms with Gasteiger partial charge in [0.05, 0.1) is 6.10 Å². The van der Waals surface area contributed by atoms with Gasteiger partial charge in [-0.15, -0.1) is 0 Å². The van der Waals surface area contributed by atoms with E-state index in [1.54, 1.807) is 0 Å². The summed E-state index contributed by atoms with van der Waals surface area (Å²) in [6.45, 7) is 10.1. The summed E-state index contributed by atoms with van der Waals surface area (Å²) < 4.78 is 0. The van der Waals surface area contributed by atoms with Crippen LogP contribution in [-0.4, -0.2) is 48.3 Å². The first-order valence-electron chi connectivity index (χ1n) is 7.81. The summed E-state index contributed by atoms with van der Waals surface area (Å²) in [6, 6.07) is 0.552. The molecule has 1 aliphatic rings. The predicted octanol–water partition coefficient (Wildman–Crippen LogP) is 2.25. The van der Waals surface area contributed by atoms with Crippen LogP contribution in [0.1, 0.15) is 52.9 Å². The van der Waals surface area contributed by atoms with Crippen LogP contribution >= 0.6 is 0 Å². The minimum atomic E-state index is -0.240. The lowest BCUT2D eigenvalue weighted by molar-refractivity contribution is 0.110. The molecule has 0 radical (unpaired) electrons. The molecular weight excluding hydrogens is 224 g/mol. The Hall–Kier alpha value is -0.120. The lowest BCUT2D eigenvalue weighted by atomic mass is 9.84. The molecule has 1 aliphatic carbocycles. The van der Waals surface area contributed by atoms with E-state index in [9.17, 15) is 5.11 Å². The van der Waals surface area contributed by atoms with Gasteiger partial charge in [0.15, 0.2) is 0 Å². The fourth-order valence-electron chi connectivity index (χ4n) is 2.97. The minimum absolute atomic E-state index is 0.240. The second-order valence-corrected chi connectivity index (χ2v) is 5.73. The van der Waals surface area contributed by atoms with Gasteiger partial charge in [-0.3, -0.25) is 0 Å². The van der Waals surface area contributed by atoms with Gasteiger partial charge in [0.2, 0.25) is 0 Å². The van der Waals surface area contributed by atoms with Crippen molar-refractivity contribution in [3.05, 3.63) is 0 Å². The molecule has 0 aliphatic heterocycles. The zero-order chi connectivity index (χ0) is 13.4. The van der Waals surface area contributed by atoms with Gasteiger partial charge in [0.25, 0.3) is 0 Å². The van der Waals surface area contributed by atoms with Crippen LogP contribution in [0.25, 0.3) is 0 Å². The molecule has 18 heavy (non-hydrogen) atoms. The van der Waals surface area contributed by atoms with Crippen molar-refractivity contribution in [3.8, 4) is 0 Å². The van der Waals surface area contributed by atoms with E-state index < -0.39 is 0 Å². The molecule has 3 nitrogen and oxygen atoms in total. The average molecular weight is 256 g/mol. The fourth-order valence-corrected chi connectivity index (χ4v) is 2.97. The number of nitrogens with zero attached hydrogens (tertiary/aromatic N) is 1. The van der Waals surface area contributed by atoms with E-state index in [4.69, 9.17) is 0 Å². The fraction of sp³-hybridized carbons (Fsp3) is 1.00. The molecule has 108 valence electrons. The van der Waals surface area contributed by atoms with Crippen LogP contribution in [0.3, 0.4) is 0 Å². The van der Waals surface area contributed by atoms with Crippen LogP contribution < -0.4 is 5.32 Å². The molecule has 1 fully saturated rings. The van der Waals surface area contributed by atoms with Gasteiger partial charge in [0, 0.05) is 19.1 Å². The number of likely N-dealkylation sites (N-methyl/N-ethyl adjacent to an activating group) is 1. The SMILES string of the molecule is CCN(CC)CC(O)CN[C@@H](C)C1CCCCC1. The van der Waals surface area contributed by atoms with Crippen LogP contribution in [-0.2, 0) is 0 Å². The van der Waals surface area contributed by atoms with Crippen molar-refractivity contribution in [2.75, 3.05) is 26.2 Å². The Labute approximate surface area is 113 Å². The molecule has 0 spiro atoms. The molecule has 1 unspecified atom stereocenters. The molecule has 1 saturated carbocycles. The number of nitrogens with one attached hydrogen (secondary N) is 1. The molecule has 1 rings (SSSR count). The number of rotatable bonds is 8. The minimum Gasteiger partial charge on any atom is -0.390 e. The highest BCUT2D eigenvalue weighted by molar-refractivity contribution is 4.77. The highest BCUT2D eigenvalue weighted by atomic mass is 16.3. The van der Waals surface area contributed by atoms with E-state index in [0.717, 1.165) is 32.1 Å². The molecule has 0 aromatic rings. The lowest BCUT2D eigenvalue weighted by Gasteiger charge is -2.30. The summed E-state index contributed by atoms with van der Waals surface area (Å²) in [5, 5.41) is 13.6. The number of aliphatic hydroxyl groups is 1. The molecular formula is C15H32N2O. The molecule has 3 heteroatoms. The average Bonchev–Trinajstić information content (AvgIpc) is 2.43. The van der Waals surface area contributed by atoms with Gasteiger partial charge < -0.3 is 15.3 Å². The third kappa shape index (κ3) is 5.68. The first kappa shape index (κ1) is 15.9. The van der Waals surface area contributed by atoms with Gasteiger partial charge in [0.1, 0.15) is 0 Å². The van der Waals surface area contributed by atoms with E-state index in [-0.39, 0.29) is 6.10 Å². The van der Waals surface area contributed by atoms with Crippen LogP contribution in [0.4, 0.5) is 0 Å². The maximum Gasteiger partial charge on any atom is 0.0791 e. The molecule has 0 heterocycles. The van der Waals surface area contributed by atoms with Crippen molar-refractivity contribution in [1.82, 2.24) is 10.2 Å². The van der Waals surface area contributed by atoms with E-state index >= 15 is 0 Å². The maximum atomic E-state index is 10.0. The smallest absolute Gasteiger partial charge is 0.0791 e. The summed E-state index contributed by atoms with van der Waals surface area (Å²) in [7, 11) is 0. The molecule has 0 saturated heterocycles. The monoisotopic (exact) mass is 256 g/mol. The third-order valence-electron chi connectivity index (χ3n) is 4.40. The predicted molar refractivity (Wildman–Crippen MR) is 77.8 cm³/mol. The normalized spacial score (nSPS) is 21.2. The third-order valence-corrected chi connectivity index (χ3v) is 4.40. The molecule has 0 bridgehead atoms. The Morgan fingerprint density at radius 2 is 1.78 bits per heavy atom. The Bertz CT molecular complexity index is 201. The zero-order valence-electron chi connectivity index (χ0n) is 12.5. The van der Waals surface area contributed by atoms with Crippen molar-refractivity contribution in [2.24, 2.45) is 5.92 Å². The van der Waals surface area contributed by atoms with Crippen LogP contribution in [0, 0.1) is 5.92 Å².